The van der Waals surface area contributed by atoms with Gasteiger partial charge in [-0.3, -0.25) is 9.78 Å². The average molecular weight is 179 g/mol. The highest BCUT2D eigenvalue weighted by Crippen LogP contribution is 1.98. The molecule has 4 heteroatoms. The highest BCUT2D eigenvalue weighted by molar-refractivity contribution is 5.92. The first-order valence-corrected chi connectivity index (χ1v) is 4.15. The van der Waals surface area contributed by atoms with Crippen LogP contribution in [0.1, 0.15) is 16.1 Å². The smallest absolute Gasteiger partial charge is 0.269 e. The molecule has 0 spiro atoms. The van der Waals surface area contributed by atoms with Gasteiger partial charge in [0.2, 0.25) is 0 Å². The van der Waals surface area contributed by atoms with Crippen molar-refractivity contribution in [3.05, 3.63) is 29.6 Å². The van der Waals surface area contributed by atoms with Crippen molar-refractivity contribution in [2.75, 3.05) is 13.1 Å². The first-order chi connectivity index (χ1) is 6.24. The van der Waals surface area contributed by atoms with E-state index >= 15 is 0 Å². The first kappa shape index (κ1) is 9.67. The molecular weight excluding hydrogens is 166 g/mol. The SMILES string of the molecule is Cc1ccnc(C(=O)NCCN)c1. The number of nitrogens with two attached hydrogens (primary N) is 1. The Morgan fingerprint density at radius 1 is 1.69 bits per heavy atom. The lowest BCUT2D eigenvalue weighted by Crippen LogP contribution is -2.29. The molecule has 0 aliphatic carbocycles. The zero-order chi connectivity index (χ0) is 9.68. The Labute approximate surface area is 77.2 Å². The van der Waals surface area contributed by atoms with E-state index in [0.29, 0.717) is 18.8 Å². The number of aromatic nitrogens is 1. The number of hydrogen-bond acceptors (Lipinski definition) is 3. The molecule has 0 unspecified atom stereocenters. The minimum atomic E-state index is -0.172. The van der Waals surface area contributed by atoms with E-state index in [1.165, 1.54) is 0 Å². The highest BCUT2D eigenvalue weighted by atomic mass is 16.1. The van der Waals surface area contributed by atoms with Crippen molar-refractivity contribution >= 4 is 5.91 Å². The maximum absolute atomic E-state index is 11.3. The molecule has 0 aliphatic rings. The van der Waals surface area contributed by atoms with E-state index in [4.69, 9.17) is 5.73 Å². The molecule has 0 saturated heterocycles. The number of amides is 1. The summed E-state index contributed by atoms with van der Waals surface area (Å²) >= 11 is 0. The van der Waals surface area contributed by atoms with E-state index < -0.39 is 0 Å². The standard InChI is InChI=1S/C9H13N3O/c1-7-2-4-11-8(6-7)9(13)12-5-3-10/h2,4,6H,3,5,10H2,1H3,(H,12,13). The number of aryl methyl sites for hydroxylation is 1. The maximum Gasteiger partial charge on any atom is 0.269 e. The summed E-state index contributed by atoms with van der Waals surface area (Å²) in [5, 5.41) is 2.65. The number of pyridine rings is 1. The molecule has 70 valence electrons. The fourth-order valence-corrected chi connectivity index (χ4v) is 0.937. The average Bonchev–Trinajstić information content (AvgIpc) is 2.14. The van der Waals surface area contributed by atoms with Gasteiger partial charge in [-0.25, -0.2) is 0 Å². The normalized spacial score (nSPS) is 9.69. The quantitative estimate of drug-likeness (QED) is 0.690. The molecule has 1 heterocycles. The molecule has 1 amide bonds. The van der Waals surface area contributed by atoms with Crippen LogP contribution >= 0.6 is 0 Å². The minimum absolute atomic E-state index is 0.172. The molecular formula is C9H13N3O. The van der Waals surface area contributed by atoms with E-state index in [0.717, 1.165) is 5.56 Å². The predicted octanol–water partition coefficient (Wildman–Crippen LogP) is 0.0785. The van der Waals surface area contributed by atoms with Gasteiger partial charge in [-0.1, -0.05) is 0 Å². The van der Waals surface area contributed by atoms with Crippen LogP contribution in [0.2, 0.25) is 0 Å². The van der Waals surface area contributed by atoms with Crippen molar-refractivity contribution in [2.24, 2.45) is 5.73 Å². The van der Waals surface area contributed by atoms with Gasteiger partial charge >= 0.3 is 0 Å². The third kappa shape index (κ3) is 2.83. The molecule has 0 aliphatic heterocycles. The first-order valence-electron chi connectivity index (χ1n) is 4.15. The van der Waals surface area contributed by atoms with Gasteiger partial charge in [-0.05, 0) is 24.6 Å². The Kier molecular flexibility index (Phi) is 3.40. The van der Waals surface area contributed by atoms with Crippen LogP contribution in [0.4, 0.5) is 0 Å². The van der Waals surface area contributed by atoms with Gasteiger partial charge in [0.1, 0.15) is 5.69 Å². The Balaban J connectivity index is 2.66. The minimum Gasteiger partial charge on any atom is -0.349 e. The summed E-state index contributed by atoms with van der Waals surface area (Å²) in [6, 6.07) is 3.59. The lowest BCUT2D eigenvalue weighted by molar-refractivity contribution is 0.0949. The number of nitrogens with zero attached hydrogens (tertiary/aromatic N) is 1. The third-order valence-corrected chi connectivity index (χ3v) is 1.58. The molecule has 0 aromatic carbocycles. The summed E-state index contributed by atoms with van der Waals surface area (Å²) in [6.07, 6.45) is 1.62. The van der Waals surface area contributed by atoms with Crippen LogP contribution in [0.25, 0.3) is 0 Å². The highest BCUT2D eigenvalue weighted by Gasteiger charge is 2.04. The molecule has 1 rings (SSSR count). The second-order valence-electron chi connectivity index (χ2n) is 2.76. The van der Waals surface area contributed by atoms with Gasteiger partial charge in [0.25, 0.3) is 5.91 Å². The molecule has 4 nitrogen and oxygen atoms in total. The van der Waals surface area contributed by atoms with Crippen LogP contribution in [0.5, 0.6) is 0 Å². The van der Waals surface area contributed by atoms with E-state index in [2.05, 4.69) is 10.3 Å². The second-order valence-corrected chi connectivity index (χ2v) is 2.76. The van der Waals surface area contributed by atoms with Gasteiger partial charge in [0.05, 0.1) is 0 Å². The van der Waals surface area contributed by atoms with Crippen LogP contribution in [0.15, 0.2) is 18.3 Å². The van der Waals surface area contributed by atoms with Crippen molar-refractivity contribution in [3.8, 4) is 0 Å². The van der Waals surface area contributed by atoms with Gasteiger partial charge in [-0.2, -0.15) is 0 Å². The summed E-state index contributed by atoms with van der Waals surface area (Å²) in [6.45, 7) is 2.84. The van der Waals surface area contributed by atoms with Gasteiger partial charge in [-0.15, -0.1) is 0 Å². The van der Waals surface area contributed by atoms with E-state index in [-0.39, 0.29) is 5.91 Å². The molecule has 0 saturated carbocycles. The Morgan fingerprint density at radius 3 is 3.08 bits per heavy atom. The molecule has 13 heavy (non-hydrogen) atoms. The monoisotopic (exact) mass is 179 g/mol. The van der Waals surface area contributed by atoms with Gasteiger partial charge < -0.3 is 11.1 Å². The van der Waals surface area contributed by atoms with Crippen LogP contribution in [0.3, 0.4) is 0 Å². The fraction of sp³-hybridized carbons (Fsp3) is 0.333. The Hall–Kier alpha value is -1.42. The summed E-state index contributed by atoms with van der Waals surface area (Å²) in [5.74, 6) is -0.172. The molecule has 0 fully saturated rings. The zero-order valence-electron chi connectivity index (χ0n) is 7.58. The van der Waals surface area contributed by atoms with Gasteiger partial charge in [0, 0.05) is 19.3 Å². The van der Waals surface area contributed by atoms with E-state index in [9.17, 15) is 4.79 Å². The molecule has 1 aromatic rings. The second kappa shape index (κ2) is 4.57. The van der Waals surface area contributed by atoms with Crippen LogP contribution in [-0.2, 0) is 0 Å². The van der Waals surface area contributed by atoms with E-state index in [1.807, 2.05) is 13.0 Å². The number of hydrogen-bond donors (Lipinski definition) is 2. The summed E-state index contributed by atoms with van der Waals surface area (Å²) in [5.41, 5.74) is 6.71. The summed E-state index contributed by atoms with van der Waals surface area (Å²) in [7, 11) is 0. The topological polar surface area (TPSA) is 68.0 Å². The van der Waals surface area contributed by atoms with Crippen LogP contribution < -0.4 is 11.1 Å². The molecule has 1 aromatic heterocycles. The lowest BCUT2D eigenvalue weighted by Gasteiger charge is -2.02. The predicted molar refractivity (Wildman–Crippen MR) is 50.4 cm³/mol. The van der Waals surface area contributed by atoms with Crippen LogP contribution in [-0.4, -0.2) is 24.0 Å². The summed E-state index contributed by atoms with van der Waals surface area (Å²) in [4.78, 5) is 15.3. The fourth-order valence-electron chi connectivity index (χ4n) is 0.937. The van der Waals surface area contributed by atoms with E-state index in [1.54, 1.807) is 12.3 Å². The number of nitrogens with one attached hydrogen (secondary N) is 1. The number of carbonyl (C=O) groups excluding carboxylic acids is 1. The largest absolute Gasteiger partial charge is 0.349 e. The molecule has 0 bridgehead atoms. The Morgan fingerprint density at radius 2 is 2.46 bits per heavy atom. The van der Waals surface area contributed by atoms with Gasteiger partial charge in [0.15, 0.2) is 0 Å². The third-order valence-electron chi connectivity index (χ3n) is 1.58. The molecule has 0 radical (unpaired) electrons. The van der Waals surface area contributed by atoms with Crippen molar-refractivity contribution in [1.82, 2.24) is 10.3 Å². The maximum atomic E-state index is 11.3. The number of carbonyl (C=O) groups is 1. The molecule has 3 N–H and O–H groups in total. The van der Waals surface area contributed by atoms with Crippen molar-refractivity contribution in [3.63, 3.8) is 0 Å². The van der Waals surface area contributed by atoms with Crippen molar-refractivity contribution in [2.45, 2.75) is 6.92 Å². The Bertz CT molecular complexity index is 299. The van der Waals surface area contributed by atoms with Crippen molar-refractivity contribution in [1.29, 1.82) is 0 Å². The summed E-state index contributed by atoms with van der Waals surface area (Å²) < 4.78 is 0. The number of rotatable bonds is 3. The lowest BCUT2D eigenvalue weighted by atomic mass is 10.2. The van der Waals surface area contributed by atoms with Crippen LogP contribution in [0, 0.1) is 6.92 Å². The zero-order valence-corrected chi connectivity index (χ0v) is 7.58. The van der Waals surface area contributed by atoms with Crippen molar-refractivity contribution < 1.29 is 4.79 Å². The molecule has 0 atom stereocenters.